The lowest BCUT2D eigenvalue weighted by molar-refractivity contribution is 0.753. The van der Waals surface area contributed by atoms with Gasteiger partial charge >= 0.3 is 0 Å². The first-order valence-corrected chi connectivity index (χ1v) is 7.47. The van der Waals surface area contributed by atoms with E-state index in [4.69, 9.17) is 17.3 Å². The first-order valence-electron chi connectivity index (χ1n) is 5.23. The van der Waals surface area contributed by atoms with Crippen LogP contribution < -0.4 is 5.73 Å². The molecule has 0 saturated carbocycles. The monoisotopic (exact) mass is 263 g/mol. The first kappa shape index (κ1) is 13.4. The van der Waals surface area contributed by atoms with Gasteiger partial charge in [-0.15, -0.1) is 11.3 Å². The molecule has 0 aliphatic carbocycles. The largest absolute Gasteiger partial charge is 0.327 e. The van der Waals surface area contributed by atoms with E-state index in [-0.39, 0.29) is 6.04 Å². The van der Waals surface area contributed by atoms with Gasteiger partial charge < -0.3 is 5.73 Å². The summed E-state index contributed by atoms with van der Waals surface area (Å²) in [5.74, 6) is 1.03. The topological polar surface area (TPSA) is 26.0 Å². The molecule has 4 heteroatoms. The zero-order chi connectivity index (χ0) is 11.3. The van der Waals surface area contributed by atoms with Gasteiger partial charge in [0.2, 0.25) is 0 Å². The molecule has 1 aromatic rings. The van der Waals surface area contributed by atoms with E-state index in [1.165, 1.54) is 11.3 Å². The van der Waals surface area contributed by atoms with Crippen molar-refractivity contribution in [3.8, 4) is 0 Å². The molecule has 1 rings (SSSR count). The molecule has 0 spiro atoms. The lowest BCUT2D eigenvalue weighted by Crippen LogP contribution is -2.26. The SMILES string of the molecule is CCC(C)SCC(N)Cc1ccc(Cl)s1. The number of halogens is 1. The van der Waals surface area contributed by atoms with Gasteiger partial charge in [0.05, 0.1) is 4.34 Å². The van der Waals surface area contributed by atoms with Crippen molar-refractivity contribution in [1.82, 2.24) is 0 Å². The van der Waals surface area contributed by atoms with Crippen molar-refractivity contribution >= 4 is 34.7 Å². The van der Waals surface area contributed by atoms with Crippen LogP contribution in [0.3, 0.4) is 0 Å². The van der Waals surface area contributed by atoms with Crippen LogP contribution in [-0.2, 0) is 6.42 Å². The Labute approximate surface area is 105 Å². The maximum absolute atomic E-state index is 6.06. The number of hydrogen-bond donors (Lipinski definition) is 1. The van der Waals surface area contributed by atoms with E-state index >= 15 is 0 Å². The van der Waals surface area contributed by atoms with Crippen molar-refractivity contribution < 1.29 is 0 Å². The molecule has 2 N–H and O–H groups in total. The second-order valence-corrected chi connectivity index (χ2v) is 6.99. The van der Waals surface area contributed by atoms with Gasteiger partial charge in [0.15, 0.2) is 0 Å². The average Bonchev–Trinajstić information content (AvgIpc) is 2.60. The number of thioether (sulfide) groups is 1. The van der Waals surface area contributed by atoms with E-state index < -0.39 is 0 Å². The van der Waals surface area contributed by atoms with Crippen LogP contribution in [0.25, 0.3) is 0 Å². The number of rotatable bonds is 6. The van der Waals surface area contributed by atoms with Crippen molar-refractivity contribution in [1.29, 1.82) is 0 Å². The highest BCUT2D eigenvalue weighted by molar-refractivity contribution is 7.99. The van der Waals surface area contributed by atoms with Gasteiger partial charge in [-0.3, -0.25) is 0 Å². The predicted octanol–water partition coefficient (Wildman–Crippen LogP) is 3.80. The Morgan fingerprint density at radius 1 is 1.53 bits per heavy atom. The summed E-state index contributed by atoms with van der Waals surface area (Å²) in [7, 11) is 0. The summed E-state index contributed by atoms with van der Waals surface area (Å²) in [5, 5.41) is 0.711. The molecule has 0 bridgehead atoms. The molecule has 2 atom stereocenters. The summed E-state index contributed by atoms with van der Waals surface area (Å²) < 4.78 is 0.853. The number of thiophene rings is 1. The molecule has 86 valence electrons. The molecular formula is C11H18ClNS2. The Bertz CT molecular complexity index is 288. The van der Waals surface area contributed by atoms with E-state index in [9.17, 15) is 0 Å². The Hall–Kier alpha value is 0.300. The third-order valence-electron chi connectivity index (χ3n) is 2.26. The van der Waals surface area contributed by atoms with Crippen molar-refractivity contribution in [2.45, 2.75) is 38.0 Å². The highest BCUT2D eigenvalue weighted by Gasteiger charge is 2.08. The van der Waals surface area contributed by atoms with Crippen molar-refractivity contribution in [3.63, 3.8) is 0 Å². The quantitative estimate of drug-likeness (QED) is 0.845. The summed E-state index contributed by atoms with van der Waals surface area (Å²) in [6.45, 7) is 4.46. The minimum absolute atomic E-state index is 0.249. The molecule has 1 aromatic heterocycles. The van der Waals surface area contributed by atoms with Gasteiger partial charge in [-0.25, -0.2) is 0 Å². The van der Waals surface area contributed by atoms with Gasteiger partial charge in [0, 0.05) is 21.9 Å². The molecule has 0 radical (unpaired) electrons. The zero-order valence-electron chi connectivity index (χ0n) is 9.20. The fourth-order valence-electron chi connectivity index (χ4n) is 1.18. The Morgan fingerprint density at radius 2 is 2.27 bits per heavy atom. The van der Waals surface area contributed by atoms with Crippen LogP contribution in [0.2, 0.25) is 4.34 Å². The molecule has 1 heterocycles. The van der Waals surface area contributed by atoms with Gasteiger partial charge in [0.1, 0.15) is 0 Å². The number of hydrogen-bond acceptors (Lipinski definition) is 3. The van der Waals surface area contributed by atoms with Crippen LogP contribution in [0.4, 0.5) is 0 Å². The Morgan fingerprint density at radius 3 is 2.80 bits per heavy atom. The van der Waals surface area contributed by atoms with E-state index in [0.717, 1.165) is 16.5 Å². The van der Waals surface area contributed by atoms with Gasteiger partial charge in [0.25, 0.3) is 0 Å². The third kappa shape index (κ3) is 5.25. The second kappa shape index (κ2) is 6.79. The smallest absolute Gasteiger partial charge is 0.0931 e. The highest BCUT2D eigenvalue weighted by atomic mass is 35.5. The predicted molar refractivity (Wildman–Crippen MR) is 73.2 cm³/mol. The van der Waals surface area contributed by atoms with Crippen molar-refractivity contribution in [2.75, 3.05) is 5.75 Å². The lowest BCUT2D eigenvalue weighted by atomic mass is 10.2. The Kier molecular flexibility index (Phi) is 6.05. The van der Waals surface area contributed by atoms with Crippen molar-refractivity contribution in [2.24, 2.45) is 5.73 Å². The van der Waals surface area contributed by atoms with Crippen LogP contribution in [0, 0.1) is 0 Å². The molecule has 0 amide bonds. The first-order chi connectivity index (χ1) is 7.11. The van der Waals surface area contributed by atoms with Crippen LogP contribution in [-0.4, -0.2) is 17.0 Å². The lowest BCUT2D eigenvalue weighted by Gasteiger charge is -2.13. The van der Waals surface area contributed by atoms with Crippen LogP contribution in [0.15, 0.2) is 12.1 Å². The van der Waals surface area contributed by atoms with E-state index in [2.05, 4.69) is 19.9 Å². The Balaban J connectivity index is 2.27. The molecular weight excluding hydrogens is 246 g/mol. The van der Waals surface area contributed by atoms with E-state index in [1.54, 1.807) is 11.3 Å². The minimum Gasteiger partial charge on any atom is -0.327 e. The van der Waals surface area contributed by atoms with Gasteiger partial charge in [-0.1, -0.05) is 25.4 Å². The van der Waals surface area contributed by atoms with Gasteiger partial charge in [-0.2, -0.15) is 11.8 Å². The molecule has 0 saturated heterocycles. The zero-order valence-corrected chi connectivity index (χ0v) is 11.6. The molecule has 0 fully saturated rings. The molecule has 0 aromatic carbocycles. The van der Waals surface area contributed by atoms with Gasteiger partial charge in [-0.05, 0) is 25.0 Å². The van der Waals surface area contributed by atoms with E-state index in [0.29, 0.717) is 5.25 Å². The highest BCUT2D eigenvalue weighted by Crippen LogP contribution is 2.23. The maximum atomic E-state index is 6.06. The molecule has 2 unspecified atom stereocenters. The third-order valence-corrected chi connectivity index (χ3v) is 5.04. The fourth-order valence-corrected chi connectivity index (χ4v) is 3.29. The molecule has 15 heavy (non-hydrogen) atoms. The average molecular weight is 264 g/mol. The summed E-state index contributed by atoms with van der Waals surface area (Å²) in [4.78, 5) is 1.29. The van der Waals surface area contributed by atoms with E-state index in [1.807, 2.05) is 17.8 Å². The summed E-state index contributed by atoms with van der Waals surface area (Å²) in [6, 6.07) is 4.26. The molecule has 0 aliphatic rings. The second-order valence-electron chi connectivity index (χ2n) is 3.72. The fraction of sp³-hybridized carbons (Fsp3) is 0.636. The molecule has 1 nitrogen and oxygen atoms in total. The normalized spacial score (nSPS) is 15.2. The van der Waals surface area contributed by atoms with Crippen molar-refractivity contribution in [3.05, 3.63) is 21.3 Å². The standard InChI is InChI=1S/C11H18ClNS2/c1-3-8(2)14-7-9(13)6-10-4-5-11(12)15-10/h4-5,8-9H,3,6-7,13H2,1-2H3. The summed E-state index contributed by atoms with van der Waals surface area (Å²) in [6.07, 6.45) is 2.16. The molecule has 0 aliphatic heterocycles. The van der Waals surface area contributed by atoms with Crippen LogP contribution >= 0.6 is 34.7 Å². The maximum Gasteiger partial charge on any atom is 0.0931 e. The minimum atomic E-state index is 0.249. The van der Waals surface area contributed by atoms with Crippen LogP contribution in [0.5, 0.6) is 0 Å². The van der Waals surface area contributed by atoms with Crippen LogP contribution in [0.1, 0.15) is 25.1 Å². The summed E-state index contributed by atoms with van der Waals surface area (Å²) in [5.41, 5.74) is 6.06. The summed E-state index contributed by atoms with van der Waals surface area (Å²) >= 11 is 9.46. The number of nitrogens with two attached hydrogens (primary N) is 1.